The summed E-state index contributed by atoms with van der Waals surface area (Å²) in [7, 11) is 0. The third kappa shape index (κ3) is 9.37. The van der Waals surface area contributed by atoms with Crippen molar-refractivity contribution >= 4 is 28.3 Å². The van der Waals surface area contributed by atoms with E-state index in [4.69, 9.17) is 9.47 Å². The lowest BCUT2D eigenvalue weighted by atomic mass is 10.1. The highest BCUT2D eigenvalue weighted by atomic mass is 79.9. The number of rotatable bonds is 13. The lowest BCUT2D eigenvalue weighted by molar-refractivity contribution is 0.267. The number of ether oxygens (including phenoxy) is 2. The van der Waals surface area contributed by atoms with Crippen LogP contribution in [0.4, 0.5) is 4.39 Å². The maximum absolute atomic E-state index is 13.1. The average Bonchev–Trinajstić information content (AvgIpc) is 2.68. The summed E-state index contributed by atoms with van der Waals surface area (Å²) in [6.07, 6.45) is 6.41. The first kappa shape index (κ1) is 25.7. The van der Waals surface area contributed by atoms with Crippen molar-refractivity contribution in [2.75, 3.05) is 13.2 Å². The first-order chi connectivity index (χ1) is 13.6. The van der Waals surface area contributed by atoms with E-state index < -0.39 is 0 Å². The van der Waals surface area contributed by atoms with Crippen LogP contribution < -0.4 is 14.8 Å². The van der Waals surface area contributed by atoms with Crippen LogP contribution in [0.15, 0.2) is 40.9 Å². The molecule has 29 heavy (non-hydrogen) atoms. The molecule has 0 bridgehead atoms. The van der Waals surface area contributed by atoms with E-state index in [1.807, 2.05) is 13.0 Å². The molecule has 0 amide bonds. The molecule has 0 aliphatic rings. The van der Waals surface area contributed by atoms with Gasteiger partial charge in [-0.3, -0.25) is 0 Å². The molecule has 0 aliphatic heterocycles. The second kappa shape index (κ2) is 14.6. The van der Waals surface area contributed by atoms with Gasteiger partial charge in [0.1, 0.15) is 12.4 Å². The van der Waals surface area contributed by atoms with Crippen molar-refractivity contribution in [3.8, 4) is 11.5 Å². The Bertz CT molecular complexity index is 713. The van der Waals surface area contributed by atoms with Gasteiger partial charge in [-0.2, -0.15) is 0 Å². The van der Waals surface area contributed by atoms with Crippen molar-refractivity contribution in [3.05, 3.63) is 57.8 Å². The standard InChI is InChI=1S/C23H31BrFNO2.ClH/c1-3-5-6-7-8-13-26-16-19-14-21(24)23(22(15-19)27-4-2)28-17-18-9-11-20(25)12-10-18;/h9-12,14-15,26H,3-8,13,16-17H2,1-2H3;1H. The number of hydrogen-bond acceptors (Lipinski definition) is 3. The van der Waals surface area contributed by atoms with Crippen molar-refractivity contribution in [3.63, 3.8) is 0 Å². The van der Waals surface area contributed by atoms with Crippen LogP contribution in [-0.4, -0.2) is 13.2 Å². The summed E-state index contributed by atoms with van der Waals surface area (Å²) >= 11 is 3.61. The van der Waals surface area contributed by atoms with E-state index in [2.05, 4.69) is 34.2 Å². The van der Waals surface area contributed by atoms with Crippen LogP contribution in [0.1, 0.15) is 57.1 Å². The Balaban J connectivity index is 0.00000420. The third-order valence-electron chi connectivity index (χ3n) is 4.45. The zero-order valence-electron chi connectivity index (χ0n) is 17.3. The van der Waals surface area contributed by atoms with Gasteiger partial charge in [-0.05, 0) is 71.2 Å². The van der Waals surface area contributed by atoms with Gasteiger partial charge < -0.3 is 14.8 Å². The van der Waals surface area contributed by atoms with Gasteiger partial charge in [-0.15, -0.1) is 12.4 Å². The van der Waals surface area contributed by atoms with Crippen LogP contribution in [0.3, 0.4) is 0 Å². The second-order valence-electron chi connectivity index (χ2n) is 6.84. The number of benzene rings is 2. The van der Waals surface area contributed by atoms with Crippen molar-refractivity contribution in [2.45, 2.75) is 59.1 Å². The zero-order chi connectivity index (χ0) is 20.2. The van der Waals surface area contributed by atoms with E-state index in [0.717, 1.165) is 34.4 Å². The molecule has 0 radical (unpaired) electrons. The Hall–Kier alpha value is -1.30. The van der Waals surface area contributed by atoms with Crippen LogP contribution in [0, 0.1) is 5.82 Å². The summed E-state index contributed by atoms with van der Waals surface area (Å²) in [6, 6.07) is 10.4. The van der Waals surface area contributed by atoms with E-state index in [-0.39, 0.29) is 18.2 Å². The maximum Gasteiger partial charge on any atom is 0.175 e. The first-order valence-electron chi connectivity index (χ1n) is 10.2. The number of nitrogens with one attached hydrogen (secondary N) is 1. The summed E-state index contributed by atoms with van der Waals surface area (Å²) in [5.41, 5.74) is 2.06. The zero-order valence-corrected chi connectivity index (χ0v) is 19.7. The molecule has 2 rings (SSSR count). The summed E-state index contributed by atoms with van der Waals surface area (Å²) in [5, 5.41) is 3.51. The van der Waals surface area contributed by atoms with Crippen LogP contribution >= 0.6 is 28.3 Å². The number of hydrogen-bond donors (Lipinski definition) is 1. The van der Waals surface area contributed by atoms with Gasteiger partial charge in [-0.25, -0.2) is 4.39 Å². The average molecular weight is 489 g/mol. The molecule has 162 valence electrons. The molecule has 0 spiro atoms. The smallest absolute Gasteiger partial charge is 0.175 e. The lowest BCUT2D eigenvalue weighted by Gasteiger charge is -2.16. The molecule has 1 N–H and O–H groups in total. The number of unbranched alkanes of at least 4 members (excludes halogenated alkanes) is 4. The van der Waals surface area contributed by atoms with Crippen molar-refractivity contribution < 1.29 is 13.9 Å². The first-order valence-corrected chi connectivity index (χ1v) is 11.0. The fraction of sp³-hybridized carbons (Fsp3) is 0.478. The van der Waals surface area contributed by atoms with Crippen LogP contribution in [-0.2, 0) is 13.2 Å². The minimum Gasteiger partial charge on any atom is -0.490 e. The Labute approximate surface area is 188 Å². The lowest BCUT2D eigenvalue weighted by Crippen LogP contribution is -2.15. The normalized spacial score (nSPS) is 10.5. The molecule has 0 atom stereocenters. The van der Waals surface area contributed by atoms with Gasteiger partial charge in [0.25, 0.3) is 0 Å². The van der Waals surface area contributed by atoms with Gasteiger partial charge in [0.05, 0.1) is 11.1 Å². The molecule has 0 aromatic heterocycles. The van der Waals surface area contributed by atoms with Gasteiger partial charge in [0, 0.05) is 6.54 Å². The van der Waals surface area contributed by atoms with Crippen LogP contribution in [0.25, 0.3) is 0 Å². The molecule has 0 heterocycles. The molecule has 0 saturated heterocycles. The highest BCUT2D eigenvalue weighted by Gasteiger charge is 2.13. The number of halogens is 3. The molecule has 2 aromatic carbocycles. The molecule has 2 aromatic rings. The fourth-order valence-electron chi connectivity index (χ4n) is 2.95. The molecular weight excluding hydrogens is 457 g/mol. The van der Waals surface area contributed by atoms with E-state index >= 15 is 0 Å². The minimum atomic E-state index is -0.248. The van der Waals surface area contributed by atoms with Crippen molar-refractivity contribution in [1.82, 2.24) is 5.32 Å². The summed E-state index contributed by atoms with van der Waals surface area (Å²) in [5.74, 6) is 1.15. The van der Waals surface area contributed by atoms with Gasteiger partial charge in [0.15, 0.2) is 11.5 Å². The summed E-state index contributed by atoms with van der Waals surface area (Å²) in [6.45, 7) is 6.93. The maximum atomic E-state index is 13.1. The second-order valence-corrected chi connectivity index (χ2v) is 7.70. The van der Waals surface area contributed by atoms with Crippen LogP contribution in [0.5, 0.6) is 11.5 Å². The molecule has 0 saturated carbocycles. The fourth-order valence-corrected chi connectivity index (χ4v) is 3.55. The van der Waals surface area contributed by atoms with Crippen molar-refractivity contribution in [1.29, 1.82) is 0 Å². The summed E-state index contributed by atoms with van der Waals surface area (Å²) in [4.78, 5) is 0. The third-order valence-corrected chi connectivity index (χ3v) is 5.04. The topological polar surface area (TPSA) is 30.5 Å². The SMILES string of the molecule is CCCCCCCNCc1cc(Br)c(OCc2ccc(F)cc2)c(OCC)c1.Cl. The summed E-state index contributed by atoms with van der Waals surface area (Å²) < 4.78 is 25.7. The Morgan fingerprint density at radius 1 is 0.931 bits per heavy atom. The predicted molar refractivity (Wildman–Crippen MR) is 124 cm³/mol. The Morgan fingerprint density at radius 3 is 2.34 bits per heavy atom. The Kier molecular flexibility index (Phi) is 13.0. The Morgan fingerprint density at radius 2 is 1.66 bits per heavy atom. The van der Waals surface area contributed by atoms with E-state index in [0.29, 0.717) is 19.0 Å². The molecule has 0 fully saturated rings. The highest BCUT2D eigenvalue weighted by Crippen LogP contribution is 2.37. The quantitative estimate of drug-likeness (QED) is 0.306. The van der Waals surface area contributed by atoms with E-state index in [1.54, 1.807) is 12.1 Å². The molecule has 6 heteroatoms. The molecular formula is C23H32BrClFNO2. The highest BCUT2D eigenvalue weighted by molar-refractivity contribution is 9.10. The molecule has 3 nitrogen and oxygen atoms in total. The predicted octanol–water partition coefficient (Wildman–Crippen LogP) is 7.05. The van der Waals surface area contributed by atoms with Crippen molar-refractivity contribution in [2.24, 2.45) is 0 Å². The largest absolute Gasteiger partial charge is 0.490 e. The van der Waals surface area contributed by atoms with Crippen LogP contribution in [0.2, 0.25) is 0 Å². The van der Waals surface area contributed by atoms with E-state index in [1.165, 1.54) is 44.2 Å². The minimum absolute atomic E-state index is 0. The monoisotopic (exact) mass is 487 g/mol. The van der Waals surface area contributed by atoms with E-state index in [9.17, 15) is 4.39 Å². The van der Waals surface area contributed by atoms with Gasteiger partial charge >= 0.3 is 0 Å². The van der Waals surface area contributed by atoms with Gasteiger partial charge in [-0.1, -0.05) is 44.7 Å². The molecule has 0 aliphatic carbocycles. The molecule has 0 unspecified atom stereocenters. The van der Waals surface area contributed by atoms with Gasteiger partial charge in [0.2, 0.25) is 0 Å².